The normalized spacial score (nSPS) is 18.9. The van der Waals surface area contributed by atoms with Crippen molar-refractivity contribution in [2.24, 2.45) is 5.92 Å². The number of aromatic nitrogens is 1. The number of ether oxygens (including phenoxy) is 3. The molecule has 2 aromatic rings. The van der Waals surface area contributed by atoms with E-state index in [1.54, 1.807) is 6.07 Å². The lowest BCUT2D eigenvalue weighted by atomic mass is 9.82. The number of pyridine rings is 1. The van der Waals surface area contributed by atoms with E-state index in [2.05, 4.69) is 20.5 Å². The first-order chi connectivity index (χ1) is 21.2. The van der Waals surface area contributed by atoms with Crippen molar-refractivity contribution in [3.63, 3.8) is 0 Å². The molecule has 1 aliphatic heterocycles. The zero-order valence-corrected chi connectivity index (χ0v) is 26.5. The van der Waals surface area contributed by atoms with E-state index in [9.17, 15) is 14.9 Å². The molecule has 1 aliphatic carbocycles. The Kier molecular flexibility index (Phi) is 12.9. The Morgan fingerprint density at radius 1 is 1.20 bits per heavy atom. The van der Waals surface area contributed by atoms with E-state index in [1.165, 1.54) is 25.5 Å². The number of morpholine rings is 1. The molecule has 0 radical (unpaired) electrons. The summed E-state index contributed by atoms with van der Waals surface area (Å²) in [6, 6.07) is 10.9. The highest BCUT2D eigenvalue weighted by Crippen LogP contribution is 2.30. The monoisotopic (exact) mass is 611 g/mol. The number of nitrogens with one attached hydrogen (secondary N) is 2. The third-order valence-electron chi connectivity index (χ3n) is 8.14. The van der Waals surface area contributed by atoms with Crippen LogP contribution in [0.25, 0.3) is 0 Å². The average Bonchev–Trinajstić information content (AvgIpc) is 2.99. The molecule has 1 amide bonds. The van der Waals surface area contributed by atoms with Crippen molar-refractivity contribution in [2.75, 3.05) is 32.8 Å². The SMILES string of the molecule is CC(C)(C)O[C@H]1CN(CCCNC(=O)CCC(NCc2cc(Oc3ccccc3)ncc2[N+](=O)[O-])C2CCCCC2)CCO1. The number of nitro groups is 1. The quantitative estimate of drug-likeness (QED) is 0.151. The molecule has 2 heterocycles. The molecule has 1 unspecified atom stereocenters. The van der Waals surface area contributed by atoms with E-state index in [0.717, 1.165) is 38.9 Å². The Bertz CT molecular complexity index is 1180. The molecule has 1 aromatic heterocycles. The third-order valence-corrected chi connectivity index (χ3v) is 8.14. The van der Waals surface area contributed by atoms with Crippen molar-refractivity contribution in [3.8, 4) is 11.6 Å². The van der Waals surface area contributed by atoms with Crippen LogP contribution in [0.1, 0.15) is 77.7 Å². The number of nitrogens with zero attached hydrogens (tertiary/aromatic N) is 3. The Morgan fingerprint density at radius 2 is 1.98 bits per heavy atom. The largest absolute Gasteiger partial charge is 0.439 e. The van der Waals surface area contributed by atoms with E-state index in [0.29, 0.717) is 55.6 Å². The minimum Gasteiger partial charge on any atom is -0.439 e. The maximum Gasteiger partial charge on any atom is 0.292 e. The van der Waals surface area contributed by atoms with Gasteiger partial charge in [-0.15, -0.1) is 0 Å². The molecule has 4 rings (SSSR count). The van der Waals surface area contributed by atoms with Crippen LogP contribution in [0, 0.1) is 16.0 Å². The van der Waals surface area contributed by atoms with Gasteiger partial charge in [0.05, 0.1) is 22.7 Å². The molecule has 44 heavy (non-hydrogen) atoms. The van der Waals surface area contributed by atoms with Crippen molar-refractivity contribution >= 4 is 11.6 Å². The van der Waals surface area contributed by atoms with Gasteiger partial charge >= 0.3 is 0 Å². The molecule has 11 nitrogen and oxygen atoms in total. The smallest absolute Gasteiger partial charge is 0.292 e. The predicted octanol–water partition coefficient (Wildman–Crippen LogP) is 5.58. The van der Waals surface area contributed by atoms with Gasteiger partial charge in [0.15, 0.2) is 6.29 Å². The summed E-state index contributed by atoms with van der Waals surface area (Å²) in [6.45, 7) is 10.1. The van der Waals surface area contributed by atoms with Crippen LogP contribution in [0.4, 0.5) is 5.69 Å². The highest BCUT2D eigenvalue weighted by molar-refractivity contribution is 5.75. The number of rotatable bonds is 15. The molecular weight excluding hydrogens is 562 g/mol. The second-order valence-electron chi connectivity index (χ2n) is 12.8. The molecule has 242 valence electrons. The molecule has 0 spiro atoms. The molecule has 2 atom stereocenters. The van der Waals surface area contributed by atoms with Crippen LogP contribution in [0.5, 0.6) is 11.6 Å². The minimum absolute atomic E-state index is 0.0389. The van der Waals surface area contributed by atoms with E-state index in [-0.39, 0.29) is 29.5 Å². The van der Waals surface area contributed by atoms with Crippen molar-refractivity contribution in [1.29, 1.82) is 0 Å². The zero-order valence-electron chi connectivity index (χ0n) is 26.5. The maximum absolute atomic E-state index is 12.8. The Balaban J connectivity index is 1.27. The first kappa shape index (κ1) is 33.8. The number of hydrogen-bond acceptors (Lipinski definition) is 9. The van der Waals surface area contributed by atoms with Gasteiger partial charge in [-0.2, -0.15) is 0 Å². The fourth-order valence-electron chi connectivity index (χ4n) is 5.96. The minimum atomic E-state index is -0.409. The summed E-state index contributed by atoms with van der Waals surface area (Å²) in [7, 11) is 0. The molecule has 11 heteroatoms. The summed E-state index contributed by atoms with van der Waals surface area (Å²) in [5.74, 6) is 1.39. The van der Waals surface area contributed by atoms with Crippen LogP contribution in [0.15, 0.2) is 42.6 Å². The van der Waals surface area contributed by atoms with Crippen LogP contribution in [0.3, 0.4) is 0 Å². The highest BCUT2D eigenvalue weighted by Gasteiger charge is 2.27. The van der Waals surface area contributed by atoms with Gasteiger partial charge in [-0.25, -0.2) is 4.98 Å². The van der Waals surface area contributed by atoms with Crippen molar-refractivity contribution in [3.05, 3.63) is 58.3 Å². The Labute approximate surface area is 261 Å². The van der Waals surface area contributed by atoms with E-state index >= 15 is 0 Å². The zero-order chi connectivity index (χ0) is 31.4. The topological polar surface area (TPSA) is 128 Å². The van der Waals surface area contributed by atoms with Crippen molar-refractivity contribution in [1.82, 2.24) is 20.5 Å². The van der Waals surface area contributed by atoms with Gasteiger partial charge in [0, 0.05) is 51.3 Å². The summed E-state index contributed by atoms with van der Waals surface area (Å²) in [5.41, 5.74) is 0.215. The van der Waals surface area contributed by atoms with Crippen LogP contribution in [-0.4, -0.2) is 71.4 Å². The van der Waals surface area contributed by atoms with Crippen LogP contribution < -0.4 is 15.4 Å². The lowest BCUT2D eigenvalue weighted by Crippen LogP contribution is -2.46. The number of benzene rings is 1. The predicted molar refractivity (Wildman–Crippen MR) is 168 cm³/mol. The van der Waals surface area contributed by atoms with Gasteiger partial charge in [0.2, 0.25) is 11.8 Å². The van der Waals surface area contributed by atoms with Gasteiger partial charge in [-0.05, 0) is 64.5 Å². The lowest BCUT2D eigenvalue weighted by Gasteiger charge is -2.36. The number of carbonyl (C=O) groups excluding carboxylic acids is 1. The summed E-state index contributed by atoms with van der Waals surface area (Å²) in [4.78, 5) is 30.7. The molecule has 1 saturated carbocycles. The van der Waals surface area contributed by atoms with E-state index in [4.69, 9.17) is 14.2 Å². The number of amides is 1. The van der Waals surface area contributed by atoms with Gasteiger partial charge in [-0.3, -0.25) is 19.8 Å². The van der Waals surface area contributed by atoms with Crippen LogP contribution in [0.2, 0.25) is 0 Å². The molecule has 1 saturated heterocycles. The maximum atomic E-state index is 12.8. The number of para-hydroxylation sites is 1. The van der Waals surface area contributed by atoms with Gasteiger partial charge in [0.25, 0.3) is 5.69 Å². The molecule has 1 aromatic carbocycles. The molecule has 2 fully saturated rings. The van der Waals surface area contributed by atoms with Gasteiger partial charge < -0.3 is 24.8 Å². The molecule has 2 N–H and O–H groups in total. The standard InChI is InChI=1S/C33H49N5O6/c1-33(2,3)44-32-24-37(19-20-42-32)18-10-17-34-30(39)16-15-28(25-11-6-4-7-12-25)35-22-26-21-31(36-23-29(26)38(40)41)43-27-13-8-5-9-14-27/h5,8-9,13-14,21,23,25,28,32,35H,4,6-7,10-12,15-20,22,24H2,1-3H3,(H,34,39)/t28?,32-/m0/s1. The molecule has 2 aliphatic rings. The van der Waals surface area contributed by atoms with Gasteiger partial charge in [-0.1, -0.05) is 37.5 Å². The first-order valence-corrected chi connectivity index (χ1v) is 16.0. The summed E-state index contributed by atoms with van der Waals surface area (Å²) < 4.78 is 17.6. The summed E-state index contributed by atoms with van der Waals surface area (Å²) in [6.07, 6.45) is 8.74. The average molecular weight is 612 g/mol. The third kappa shape index (κ3) is 11.4. The Hall–Kier alpha value is -3.12. The lowest BCUT2D eigenvalue weighted by molar-refractivity contribution is -0.386. The van der Waals surface area contributed by atoms with Crippen LogP contribution >= 0.6 is 0 Å². The van der Waals surface area contributed by atoms with Gasteiger partial charge in [0.1, 0.15) is 11.9 Å². The van der Waals surface area contributed by atoms with Crippen LogP contribution in [-0.2, 0) is 20.8 Å². The molecular formula is C33H49N5O6. The fraction of sp³-hybridized carbons (Fsp3) is 0.636. The highest BCUT2D eigenvalue weighted by atomic mass is 16.7. The summed E-state index contributed by atoms with van der Waals surface area (Å²) >= 11 is 0. The molecule has 0 bridgehead atoms. The van der Waals surface area contributed by atoms with E-state index in [1.807, 2.05) is 51.1 Å². The number of hydrogen-bond donors (Lipinski definition) is 2. The number of carbonyl (C=O) groups is 1. The first-order valence-electron chi connectivity index (χ1n) is 16.0. The summed E-state index contributed by atoms with van der Waals surface area (Å²) in [5, 5.41) is 18.4. The van der Waals surface area contributed by atoms with Crippen molar-refractivity contribution < 1.29 is 23.9 Å². The van der Waals surface area contributed by atoms with E-state index < -0.39 is 4.92 Å². The second kappa shape index (κ2) is 16.8. The Morgan fingerprint density at radius 3 is 2.70 bits per heavy atom. The second-order valence-corrected chi connectivity index (χ2v) is 12.8. The van der Waals surface area contributed by atoms with Crippen molar-refractivity contribution in [2.45, 2.75) is 96.6 Å². The fourth-order valence-corrected chi connectivity index (χ4v) is 5.96.